The molecular formula is C15H12ClN3O4S. The van der Waals surface area contributed by atoms with E-state index < -0.39 is 35.5 Å². The molecule has 1 heterocycles. The Kier molecular flexibility index (Phi) is 5.17. The number of benzene rings is 1. The topological polar surface area (TPSA) is 108 Å². The van der Waals surface area contributed by atoms with E-state index >= 15 is 0 Å². The molecule has 9 heteroatoms. The highest BCUT2D eigenvalue weighted by atomic mass is 35.5. The number of Topliss-reactive ketones (excluding diaryl/α,β-unsaturated/α-hetero) is 1. The summed E-state index contributed by atoms with van der Waals surface area (Å²) in [6.45, 7) is 0. The third-order valence-electron chi connectivity index (χ3n) is 3.61. The van der Waals surface area contributed by atoms with Gasteiger partial charge in [0.25, 0.3) is 0 Å². The highest BCUT2D eigenvalue weighted by molar-refractivity contribution is 7.80. The molecule has 2 rings (SSSR count). The van der Waals surface area contributed by atoms with E-state index in [9.17, 15) is 19.6 Å². The van der Waals surface area contributed by atoms with Crippen LogP contribution in [0.5, 0.6) is 0 Å². The first-order valence-electron chi connectivity index (χ1n) is 6.74. The zero-order valence-corrected chi connectivity index (χ0v) is 14.0. The van der Waals surface area contributed by atoms with E-state index in [4.69, 9.17) is 28.6 Å². The summed E-state index contributed by atoms with van der Waals surface area (Å²) >= 11 is 10.7. The number of nitrogens with one attached hydrogen (secondary N) is 2. The molecule has 0 saturated carbocycles. The van der Waals surface area contributed by atoms with Gasteiger partial charge in [-0.3, -0.25) is 9.59 Å². The molecule has 0 aliphatic carbocycles. The predicted molar refractivity (Wildman–Crippen MR) is 88.1 cm³/mol. The lowest BCUT2D eigenvalue weighted by molar-refractivity contribution is -0.152. The number of carbonyl (C=O) groups excluding carboxylic acids is 3. The van der Waals surface area contributed by atoms with Crippen molar-refractivity contribution in [2.45, 2.75) is 12.0 Å². The number of rotatable bonds is 4. The molecule has 0 bridgehead atoms. The monoisotopic (exact) mass is 365 g/mol. The van der Waals surface area contributed by atoms with Crippen molar-refractivity contribution in [3.8, 4) is 6.07 Å². The molecule has 1 aromatic rings. The number of hydrogen-bond donors (Lipinski definition) is 2. The summed E-state index contributed by atoms with van der Waals surface area (Å²) in [6.07, 6.45) is -0.479. The Labute approximate surface area is 147 Å². The minimum absolute atomic E-state index is 0.152. The second-order valence-electron chi connectivity index (χ2n) is 5.08. The number of methoxy groups -OCH3 is 1. The predicted octanol–water partition coefficient (Wildman–Crippen LogP) is 0.969. The molecule has 2 N–H and O–H groups in total. The van der Waals surface area contributed by atoms with Crippen LogP contribution in [0.15, 0.2) is 24.3 Å². The molecule has 0 unspecified atom stereocenters. The van der Waals surface area contributed by atoms with Crippen LogP contribution in [-0.4, -0.2) is 35.4 Å². The molecule has 1 amide bonds. The zero-order chi connectivity index (χ0) is 17.9. The van der Waals surface area contributed by atoms with Crippen molar-refractivity contribution in [1.82, 2.24) is 10.6 Å². The smallest absolute Gasteiger partial charge is 0.334 e. The van der Waals surface area contributed by atoms with Crippen LogP contribution >= 0.6 is 23.8 Å². The highest BCUT2D eigenvalue weighted by Gasteiger charge is 2.55. The quantitative estimate of drug-likeness (QED) is 0.465. The molecule has 24 heavy (non-hydrogen) atoms. The molecule has 1 fully saturated rings. The maximum Gasteiger partial charge on any atom is 0.334 e. The Bertz CT molecular complexity index is 759. The number of esters is 1. The molecule has 1 aliphatic rings. The third-order valence-corrected chi connectivity index (χ3v) is 4.07. The van der Waals surface area contributed by atoms with Gasteiger partial charge in [-0.25, -0.2) is 4.79 Å². The first-order chi connectivity index (χ1) is 11.3. The summed E-state index contributed by atoms with van der Waals surface area (Å²) in [5.74, 6) is -3.64. The molecule has 2 atom stereocenters. The van der Waals surface area contributed by atoms with Crippen molar-refractivity contribution in [3.05, 3.63) is 34.9 Å². The van der Waals surface area contributed by atoms with Gasteiger partial charge in [0.05, 0.1) is 13.2 Å². The van der Waals surface area contributed by atoms with Crippen molar-refractivity contribution in [3.63, 3.8) is 0 Å². The van der Waals surface area contributed by atoms with Crippen molar-refractivity contribution < 1.29 is 19.1 Å². The van der Waals surface area contributed by atoms with Gasteiger partial charge in [-0.15, -0.1) is 0 Å². The summed E-state index contributed by atoms with van der Waals surface area (Å²) in [6, 6.07) is 7.75. The number of thiocarbonyl (C=S) groups is 1. The van der Waals surface area contributed by atoms with Gasteiger partial charge in [-0.1, -0.05) is 11.6 Å². The Morgan fingerprint density at radius 3 is 2.58 bits per heavy atom. The summed E-state index contributed by atoms with van der Waals surface area (Å²) in [5.41, 5.74) is -1.61. The molecule has 0 spiro atoms. The van der Waals surface area contributed by atoms with Crippen LogP contribution in [0.2, 0.25) is 5.02 Å². The summed E-state index contributed by atoms with van der Waals surface area (Å²) < 4.78 is 4.71. The van der Waals surface area contributed by atoms with E-state index in [-0.39, 0.29) is 10.7 Å². The van der Waals surface area contributed by atoms with E-state index in [1.54, 1.807) is 6.07 Å². The van der Waals surface area contributed by atoms with Gasteiger partial charge in [0, 0.05) is 17.0 Å². The second-order valence-corrected chi connectivity index (χ2v) is 5.92. The van der Waals surface area contributed by atoms with Gasteiger partial charge in [0.15, 0.2) is 22.4 Å². The van der Waals surface area contributed by atoms with Crippen LogP contribution in [0, 0.1) is 17.2 Å². The number of amides is 1. The Balaban J connectivity index is 2.44. The van der Waals surface area contributed by atoms with Gasteiger partial charge in [-0.05, 0) is 36.5 Å². The normalized spacial score (nSPS) is 22.8. The van der Waals surface area contributed by atoms with Crippen LogP contribution in [-0.2, 0) is 14.3 Å². The first kappa shape index (κ1) is 17.8. The average molecular weight is 366 g/mol. The lowest BCUT2D eigenvalue weighted by Gasteiger charge is -2.38. The second kappa shape index (κ2) is 6.95. The Morgan fingerprint density at radius 2 is 2.04 bits per heavy atom. The van der Waals surface area contributed by atoms with Crippen LogP contribution in [0.4, 0.5) is 0 Å². The van der Waals surface area contributed by atoms with E-state index in [0.29, 0.717) is 5.02 Å². The first-order valence-corrected chi connectivity index (χ1v) is 7.52. The molecule has 0 aromatic heterocycles. The van der Waals surface area contributed by atoms with Crippen molar-refractivity contribution in [2.24, 2.45) is 5.92 Å². The number of nitrogens with zero attached hydrogens (tertiary/aromatic N) is 1. The van der Waals surface area contributed by atoms with Crippen LogP contribution < -0.4 is 10.6 Å². The van der Waals surface area contributed by atoms with Gasteiger partial charge in [-0.2, -0.15) is 5.26 Å². The fourth-order valence-corrected chi connectivity index (χ4v) is 2.85. The molecule has 124 valence electrons. The number of ether oxygens (including phenoxy) is 1. The summed E-state index contributed by atoms with van der Waals surface area (Å²) in [4.78, 5) is 36.9. The number of carbonyl (C=O) groups is 3. The largest absolute Gasteiger partial charge is 0.467 e. The minimum atomic E-state index is -1.89. The maximum absolute atomic E-state index is 12.5. The van der Waals surface area contributed by atoms with E-state index in [1.165, 1.54) is 24.3 Å². The maximum atomic E-state index is 12.5. The van der Waals surface area contributed by atoms with Gasteiger partial charge in [0.2, 0.25) is 5.91 Å². The molecule has 1 aromatic carbocycles. The van der Waals surface area contributed by atoms with Crippen molar-refractivity contribution >= 4 is 46.6 Å². The third kappa shape index (κ3) is 3.22. The minimum Gasteiger partial charge on any atom is -0.467 e. The highest BCUT2D eigenvalue weighted by Crippen LogP contribution is 2.28. The van der Waals surface area contributed by atoms with Gasteiger partial charge in [0.1, 0.15) is 0 Å². The Morgan fingerprint density at radius 1 is 1.42 bits per heavy atom. The van der Waals surface area contributed by atoms with Crippen LogP contribution in [0.1, 0.15) is 16.8 Å². The SMILES string of the molecule is COC(=O)[C@@]1(CC(=O)c2ccc(Cl)cc2)NC(=S)NC(=O)[C@@H]1C#N. The fraction of sp³-hybridized carbons (Fsp3) is 0.267. The van der Waals surface area contributed by atoms with Gasteiger partial charge < -0.3 is 15.4 Å². The van der Waals surface area contributed by atoms with Crippen molar-refractivity contribution in [1.29, 1.82) is 5.26 Å². The van der Waals surface area contributed by atoms with E-state index in [1.807, 2.05) is 0 Å². The lowest BCUT2D eigenvalue weighted by atomic mass is 9.77. The van der Waals surface area contributed by atoms with E-state index in [0.717, 1.165) is 7.11 Å². The number of ketones is 1. The summed E-state index contributed by atoms with van der Waals surface area (Å²) in [7, 11) is 1.10. The molecule has 1 aliphatic heterocycles. The lowest BCUT2D eigenvalue weighted by Crippen LogP contribution is -2.70. The molecular weight excluding hydrogens is 354 g/mol. The number of halogens is 1. The van der Waals surface area contributed by atoms with E-state index in [2.05, 4.69) is 10.6 Å². The molecule has 7 nitrogen and oxygen atoms in total. The fourth-order valence-electron chi connectivity index (χ4n) is 2.44. The summed E-state index contributed by atoms with van der Waals surface area (Å²) in [5, 5.41) is 14.4. The standard InChI is InChI=1S/C15H12ClN3O4S/c1-23-13(22)15(10(7-17)12(21)18-14(24)19-15)6-11(20)8-2-4-9(16)5-3-8/h2-5,10H,6H2,1H3,(H2,18,19,21,24)/t10-,15-/m0/s1. The molecule has 0 radical (unpaired) electrons. The average Bonchev–Trinajstić information content (AvgIpc) is 2.54. The zero-order valence-electron chi connectivity index (χ0n) is 12.5. The van der Waals surface area contributed by atoms with Crippen molar-refractivity contribution in [2.75, 3.05) is 7.11 Å². The molecule has 1 saturated heterocycles. The Hall–Kier alpha value is -2.50. The van der Waals surface area contributed by atoms with Gasteiger partial charge >= 0.3 is 5.97 Å². The van der Waals surface area contributed by atoms with Crippen LogP contribution in [0.3, 0.4) is 0 Å². The number of nitriles is 1. The van der Waals surface area contributed by atoms with Crippen LogP contribution in [0.25, 0.3) is 0 Å². The number of hydrogen-bond acceptors (Lipinski definition) is 6.